The summed E-state index contributed by atoms with van der Waals surface area (Å²) in [6.07, 6.45) is 0. The summed E-state index contributed by atoms with van der Waals surface area (Å²) in [6.45, 7) is 5.77. The van der Waals surface area contributed by atoms with Gasteiger partial charge in [0.15, 0.2) is 5.78 Å². The smallest absolute Gasteiger partial charge is 0.295 e. The molecule has 2 aromatic carbocycles. The number of rotatable bonds is 3. The summed E-state index contributed by atoms with van der Waals surface area (Å²) in [5.41, 5.74) is 1.59. The van der Waals surface area contributed by atoms with Crippen molar-refractivity contribution in [1.82, 2.24) is 0 Å². The zero-order valence-corrected chi connectivity index (χ0v) is 12.8. The van der Waals surface area contributed by atoms with Crippen molar-refractivity contribution >= 4 is 11.8 Å². The molecule has 0 bridgehead atoms. The summed E-state index contributed by atoms with van der Waals surface area (Å²) in [5, 5.41) is 8.62. The molecule has 2 rings (SSSR count). The lowest BCUT2D eigenvalue weighted by Gasteiger charge is -2.22. The van der Waals surface area contributed by atoms with Gasteiger partial charge in [-0.15, -0.1) is 0 Å². The van der Waals surface area contributed by atoms with Crippen molar-refractivity contribution in [1.29, 1.82) is 0 Å². The van der Waals surface area contributed by atoms with Crippen LogP contribution in [0.2, 0.25) is 0 Å². The highest BCUT2D eigenvalue weighted by molar-refractivity contribution is 6.09. The standard InChI is InChI=1S/C18H18O4/c1-18(2,3)15-11-13(9-10-14(15)17(20)22-21)16(19)12-7-5-4-6-8-12/h4-11,21H,1-3H3. The van der Waals surface area contributed by atoms with Gasteiger partial charge in [0.25, 0.3) is 0 Å². The molecule has 0 heterocycles. The predicted molar refractivity (Wildman–Crippen MR) is 83.1 cm³/mol. The Kier molecular flexibility index (Phi) is 4.43. The van der Waals surface area contributed by atoms with Gasteiger partial charge in [0.1, 0.15) is 0 Å². The summed E-state index contributed by atoms with van der Waals surface area (Å²) >= 11 is 0. The van der Waals surface area contributed by atoms with Gasteiger partial charge >= 0.3 is 5.97 Å². The minimum atomic E-state index is -0.830. The van der Waals surface area contributed by atoms with Crippen LogP contribution < -0.4 is 0 Å². The lowest BCUT2D eigenvalue weighted by Crippen LogP contribution is -2.19. The molecule has 0 fully saturated rings. The van der Waals surface area contributed by atoms with Crippen molar-refractivity contribution in [3.63, 3.8) is 0 Å². The molecule has 0 aliphatic heterocycles. The van der Waals surface area contributed by atoms with Crippen LogP contribution in [-0.2, 0) is 10.3 Å². The Morgan fingerprint density at radius 1 is 0.955 bits per heavy atom. The topological polar surface area (TPSA) is 63.6 Å². The van der Waals surface area contributed by atoms with Crippen LogP contribution in [0.3, 0.4) is 0 Å². The van der Waals surface area contributed by atoms with E-state index in [1.165, 1.54) is 6.07 Å². The predicted octanol–water partition coefficient (Wildman–Crippen LogP) is 3.84. The van der Waals surface area contributed by atoms with Crippen LogP contribution in [0.1, 0.15) is 52.6 Å². The largest absolute Gasteiger partial charge is 0.373 e. The SMILES string of the molecule is CC(C)(C)c1cc(C(=O)c2ccccc2)ccc1C(=O)OO. The Hall–Kier alpha value is -2.46. The molecule has 0 aliphatic carbocycles. The van der Waals surface area contributed by atoms with E-state index in [0.29, 0.717) is 16.7 Å². The maximum Gasteiger partial charge on any atom is 0.373 e. The van der Waals surface area contributed by atoms with E-state index in [4.69, 9.17) is 5.26 Å². The zero-order chi connectivity index (χ0) is 16.3. The molecule has 4 nitrogen and oxygen atoms in total. The van der Waals surface area contributed by atoms with Crippen molar-refractivity contribution in [3.05, 3.63) is 70.8 Å². The van der Waals surface area contributed by atoms with Crippen molar-refractivity contribution < 1.29 is 19.7 Å². The fourth-order valence-corrected chi connectivity index (χ4v) is 2.29. The van der Waals surface area contributed by atoms with E-state index in [9.17, 15) is 9.59 Å². The maximum absolute atomic E-state index is 12.5. The molecule has 0 aliphatic rings. The van der Waals surface area contributed by atoms with E-state index in [0.717, 1.165) is 0 Å². The van der Waals surface area contributed by atoms with Gasteiger partial charge in [-0.2, -0.15) is 5.26 Å². The first-order valence-corrected chi connectivity index (χ1v) is 6.94. The van der Waals surface area contributed by atoms with Gasteiger partial charge in [0.05, 0.1) is 5.56 Å². The number of carbonyl (C=O) groups excluding carboxylic acids is 2. The first-order valence-electron chi connectivity index (χ1n) is 6.94. The summed E-state index contributed by atoms with van der Waals surface area (Å²) in [6, 6.07) is 13.7. The lowest BCUT2D eigenvalue weighted by molar-refractivity contribution is -0.182. The number of hydrogen-bond acceptors (Lipinski definition) is 4. The molecule has 2 aromatic rings. The molecule has 0 aromatic heterocycles. The molecule has 1 N–H and O–H groups in total. The van der Waals surface area contributed by atoms with E-state index in [-0.39, 0.29) is 16.8 Å². The van der Waals surface area contributed by atoms with Crippen LogP contribution in [0.25, 0.3) is 0 Å². The average Bonchev–Trinajstić information content (AvgIpc) is 2.53. The summed E-state index contributed by atoms with van der Waals surface area (Å²) < 4.78 is 0. The third kappa shape index (κ3) is 3.23. The van der Waals surface area contributed by atoms with Gasteiger partial charge in [0.2, 0.25) is 0 Å². The van der Waals surface area contributed by atoms with Crippen molar-refractivity contribution in [3.8, 4) is 0 Å². The number of carbonyl (C=O) groups is 2. The summed E-state index contributed by atoms with van der Waals surface area (Å²) in [7, 11) is 0. The monoisotopic (exact) mass is 298 g/mol. The van der Waals surface area contributed by atoms with Crippen LogP contribution in [-0.4, -0.2) is 17.0 Å². The third-order valence-electron chi connectivity index (χ3n) is 3.43. The maximum atomic E-state index is 12.5. The molecule has 0 amide bonds. The van der Waals surface area contributed by atoms with Crippen LogP contribution >= 0.6 is 0 Å². The zero-order valence-electron chi connectivity index (χ0n) is 12.8. The molecule has 22 heavy (non-hydrogen) atoms. The Balaban J connectivity index is 2.52. The van der Waals surface area contributed by atoms with E-state index < -0.39 is 5.97 Å². The molecule has 114 valence electrons. The molecule has 0 saturated heterocycles. The number of benzene rings is 2. The molecular formula is C18H18O4. The third-order valence-corrected chi connectivity index (χ3v) is 3.43. The molecule has 0 spiro atoms. The van der Waals surface area contributed by atoms with Gasteiger partial charge in [-0.25, -0.2) is 4.79 Å². The number of ketones is 1. The van der Waals surface area contributed by atoms with Crippen molar-refractivity contribution in [2.24, 2.45) is 0 Å². The molecule has 0 atom stereocenters. The summed E-state index contributed by atoms with van der Waals surface area (Å²) in [4.78, 5) is 28.0. The minimum Gasteiger partial charge on any atom is -0.295 e. The quantitative estimate of drug-likeness (QED) is 0.531. The van der Waals surface area contributed by atoms with E-state index in [1.54, 1.807) is 36.4 Å². The Bertz CT molecular complexity index is 697. The highest BCUT2D eigenvalue weighted by atomic mass is 17.1. The van der Waals surface area contributed by atoms with Crippen molar-refractivity contribution in [2.45, 2.75) is 26.2 Å². The fraction of sp³-hybridized carbons (Fsp3) is 0.222. The van der Waals surface area contributed by atoms with Gasteiger partial charge in [-0.05, 0) is 23.1 Å². The first kappa shape index (κ1) is 15.9. The minimum absolute atomic E-state index is 0.116. The second-order valence-electron chi connectivity index (χ2n) is 6.08. The molecule has 4 heteroatoms. The lowest BCUT2D eigenvalue weighted by atomic mass is 9.82. The highest BCUT2D eigenvalue weighted by Crippen LogP contribution is 2.28. The molecule has 0 radical (unpaired) electrons. The van der Waals surface area contributed by atoms with Gasteiger partial charge in [-0.1, -0.05) is 57.2 Å². The second-order valence-corrected chi connectivity index (χ2v) is 6.08. The Labute approximate surface area is 129 Å². The Morgan fingerprint density at radius 2 is 1.59 bits per heavy atom. The molecule has 0 saturated carbocycles. The van der Waals surface area contributed by atoms with Gasteiger partial charge < -0.3 is 0 Å². The molecular weight excluding hydrogens is 280 g/mol. The normalized spacial score (nSPS) is 11.1. The van der Waals surface area contributed by atoms with Crippen LogP contribution in [0, 0.1) is 0 Å². The summed E-state index contributed by atoms with van der Waals surface area (Å²) in [5.74, 6) is -0.946. The van der Waals surface area contributed by atoms with Gasteiger partial charge in [-0.3, -0.25) is 9.68 Å². The van der Waals surface area contributed by atoms with E-state index in [2.05, 4.69) is 4.89 Å². The van der Waals surface area contributed by atoms with Crippen LogP contribution in [0.5, 0.6) is 0 Å². The first-order chi connectivity index (χ1) is 10.3. The second kappa shape index (κ2) is 6.12. The average molecular weight is 298 g/mol. The van der Waals surface area contributed by atoms with E-state index in [1.807, 2.05) is 26.8 Å². The van der Waals surface area contributed by atoms with Crippen LogP contribution in [0.15, 0.2) is 48.5 Å². The molecule has 0 unspecified atom stereocenters. The number of hydrogen-bond donors (Lipinski definition) is 1. The van der Waals surface area contributed by atoms with Crippen molar-refractivity contribution in [2.75, 3.05) is 0 Å². The van der Waals surface area contributed by atoms with Crippen LogP contribution in [0.4, 0.5) is 0 Å². The van der Waals surface area contributed by atoms with Gasteiger partial charge in [0, 0.05) is 11.1 Å². The van der Waals surface area contributed by atoms with E-state index >= 15 is 0 Å². The Morgan fingerprint density at radius 3 is 2.14 bits per heavy atom. The highest BCUT2D eigenvalue weighted by Gasteiger charge is 2.24. The fourth-order valence-electron chi connectivity index (χ4n) is 2.29.